The molecule has 0 bridgehead atoms. The maximum atomic E-state index is 13.8. The Balaban J connectivity index is 2.68. The van der Waals surface area contributed by atoms with E-state index in [1.165, 1.54) is 6.07 Å². The smallest absolute Gasteiger partial charge is 0.320 e. The lowest BCUT2D eigenvalue weighted by Crippen LogP contribution is -2.33. The summed E-state index contributed by atoms with van der Waals surface area (Å²) in [6.07, 6.45) is 0.371. The Labute approximate surface area is 130 Å². The molecular weight excluding hydrogens is 307 g/mol. The second-order valence-corrected chi connectivity index (χ2v) is 8.51. The number of nitrogens with two attached hydrogens (primary N) is 1. The van der Waals surface area contributed by atoms with Crippen LogP contribution in [0, 0.1) is 10.6 Å². The number of rotatable bonds is 8. The molecule has 0 saturated heterocycles. The van der Waals surface area contributed by atoms with Crippen molar-refractivity contribution in [2.75, 3.05) is 11.5 Å². The topological polar surface area (TPSA) is 104 Å². The first-order valence-electron chi connectivity index (χ1n) is 7.03. The van der Waals surface area contributed by atoms with Crippen LogP contribution in [0.3, 0.4) is 0 Å². The van der Waals surface area contributed by atoms with Gasteiger partial charge in [0.15, 0.2) is 0 Å². The van der Waals surface area contributed by atoms with Crippen LogP contribution in [0.2, 0.25) is 0 Å². The van der Waals surface area contributed by atoms with Gasteiger partial charge in [0, 0.05) is 21.2 Å². The van der Waals surface area contributed by atoms with E-state index in [9.17, 15) is 13.4 Å². The fourth-order valence-corrected chi connectivity index (χ4v) is 3.79. The average Bonchev–Trinajstić information content (AvgIpc) is 2.43. The Hall–Kier alpha value is -1.47. The summed E-state index contributed by atoms with van der Waals surface area (Å²) < 4.78 is 33.9. The van der Waals surface area contributed by atoms with Gasteiger partial charge in [0.1, 0.15) is 11.9 Å². The molecule has 0 heterocycles. The minimum Gasteiger partial charge on any atom is -0.480 e. The SMILES string of the molecule is CC(C)(CCS(=N)(=O)CC[C@H](N)C(=O)O)c1ccccc1F. The Morgan fingerprint density at radius 1 is 1.41 bits per heavy atom. The van der Waals surface area contributed by atoms with E-state index in [0.29, 0.717) is 12.0 Å². The summed E-state index contributed by atoms with van der Waals surface area (Å²) in [5.41, 5.74) is 5.33. The van der Waals surface area contributed by atoms with E-state index < -0.39 is 27.2 Å². The number of hydrogen-bond acceptors (Lipinski definition) is 4. The van der Waals surface area contributed by atoms with Crippen molar-refractivity contribution in [1.82, 2.24) is 0 Å². The molecule has 124 valence electrons. The highest BCUT2D eigenvalue weighted by atomic mass is 32.2. The minimum absolute atomic E-state index is 0.00219. The standard InChI is InChI=1S/C15H23FN2O3S/c1-15(2,11-5-3-4-6-12(11)16)8-10-22(18,21)9-7-13(17)14(19)20/h3-6,13,18H,7-10,17H2,1-2H3,(H,19,20)/t13-,22?/m0/s1. The second-order valence-electron chi connectivity index (χ2n) is 6.07. The highest BCUT2D eigenvalue weighted by Gasteiger charge is 2.26. The first kappa shape index (κ1) is 18.6. The fourth-order valence-electron chi connectivity index (χ4n) is 2.11. The molecule has 0 aliphatic carbocycles. The van der Waals surface area contributed by atoms with Gasteiger partial charge in [-0.3, -0.25) is 9.57 Å². The van der Waals surface area contributed by atoms with E-state index in [2.05, 4.69) is 0 Å². The van der Waals surface area contributed by atoms with Crippen molar-refractivity contribution in [1.29, 1.82) is 4.78 Å². The van der Waals surface area contributed by atoms with Gasteiger partial charge in [-0.1, -0.05) is 32.0 Å². The fraction of sp³-hybridized carbons (Fsp3) is 0.533. The Morgan fingerprint density at radius 3 is 2.55 bits per heavy atom. The van der Waals surface area contributed by atoms with Crippen LogP contribution < -0.4 is 5.73 Å². The van der Waals surface area contributed by atoms with Gasteiger partial charge in [0.25, 0.3) is 0 Å². The van der Waals surface area contributed by atoms with Crippen molar-refractivity contribution in [3.63, 3.8) is 0 Å². The number of nitrogens with one attached hydrogen (secondary N) is 1. The lowest BCUT2D eigenvalue weighted by molar-refractivity contribution is -0.138. The molecule has 1 aromatic carbocycles. The van der Waals surface area contributed by atoms with Gasteiger partial charge in [0.05, 0.1) is 0 Å². The molecule has 0 amide bonds. The molecule has 5 nitrogen and oxygen atoms in total. The van der Waals surface area contributed by atoms with E-state index in [1.807, 2.05) is 13.8 Å². The van der Waals surface area contributed by atoms with Crippen LogP contribution >= 0.6 is 0 Å². The first-order chi connectivity index (χ1) is 10.1. The number of carboxylic acids is 1. The zero-order chi connectivity index (χ0) is 17.0. The quantitative estimate of drug-likeness (QED) is 0.680. The average molecular weight is 330 g/mol. The van der Waals surface area contributed by atoms with Gasteiger partial charge in [-0.25, -0.2) is 8.60 Å². The highest BCUT2D eigenvalue weighted by Crippen LogP contribution is 2.29. The van der Waals surface area contributed by atoms with Gasteiger partial charge in [-0.15, -0.1) is 0 Å². The van der Waals surface area contributed by atoms with E-state index in [1.54, 1.807) is 18.2 Å². The first-order valence-corrected chi connectivity index (χ1v) is 8.92. The molecule has 1 aromatic rings. The van der Waals surface area contributed by atoms with E-state index >= 15 is 0 Å². The number of aliphatic carboxylic acids is 1. The predicted octanol–water partition coefficient (Wildman–Crippen LogP) is 2.34. The Bertz CT molecular complexity index is 629. The normalized spacial score (nSPS) is 16.0. The van der Waals surface area contributed by atoms with Crippen molar-refractivity contribution >= 4 is 15.7 Å². The van der Waals surface area contributed by atoms with Crippen LogP contribution in [-0.4, -0.2) is 32.8 Å². The zero-order valence-electron chi connectivity index (χ0n) is 12.8. The lowest BCUT2D eigenvalue weighted by atomic mass is 9.82. The van der Waals surface area contributed by atoms with Crippen molar-refractivity contribution in [3.8, 4) is 0 Å². The second kappa shape index (κ2) is 7.19. The predicted molar refractivity (Wildman–Crippen MR) is 84.9 cm³/mol. The molecular formula is C15H23FN2O3S. The summed E-state index contributed by atoms with van der Waals surface area (Å²) in [6, 6.07) is 5.30. The van der Waals surface area contributed by atoms with Crippen molar-refractivity contribution in [2.24, 2.45) is 5.73 Å². The third kappa shape index (κ3) is 5.38. The monoisotopic (exact) mass is 330 g/mol. The van der Waals surface area contributed by atoms with Crippen molar-refractivity contribution in [2.45, 2.75) is 38.1 Å². The Morgan fingerprint density at radius 2 is 2.00 bits per heavy atom. The van der Waals surface area contributed by atoms with Crippen LogP contribution in [-0.2, 0) is 19.9 Å². The summed E-state index contributed by atoms with van der Waals surface area (Å²) in [6.45, 7) is 3.67. The molecule has 0 aliphatic heterocycles. The number of hydrogen-bond donors (Lipinski definition) is 3. The largest absolute Gasteiger partial charge is 0.480 e. The summed E-state index contributed by atoms with van der Waals surface area (Å²) >= 11 is 0. The van der Waals surface area contributed by atoms with Crippen LogP contribution in [0.25, 0.3) is 0 Å². The molecule has 0 aromatic heterocycles. The maximum Gasteiger partial charge on any atom is 0.320 e. The van der Waals surface area contributed by atoms with Crippen LogP contribution in [0.15, 0.2) is 24.3 Å². The van der Waals surface area contributed by atoms with Gasteiger partial charge in [-0.05, 0) is 29.9 Å². The molecule has 0 radical (unpaired) electrons. The van der Waals surface area contributed by atoms with Crippen LogP contribution in [0.5, 0.6) is 0 Å². The van der Waals surface area contributed by atoms with E-state index in [-0.39, 0.29) is 23.7 Å². The highest BCUT2D eigenvalue weighted by molar-refractivity contribution is 7.92. The number of halogens is 1. The zero-order valence-corrected chi connectivity index (χ0v) is 13.7. The summed E-state index contributed by atoms with van der Waals surface area (Å²) in [5.74, 6) is -1.46. The number of carbonyl (C=O) groups is 1. The number of benzene rings is 1. The molecule has 4 N–H and O–H groups in total. The summed E-state index contributed by atoms with van der Waals surface area (Å²) in [4.78, 5) is 10.6. The van der Waals surface area contributed by atoms with Gasteiger partial charge < -0.3 is 10.8 Å². The van der Waals surface area contributed by atoms with Crippen LogP contribution in [0.1, 0.15) is 32.3 Å². The minimum atomic E-state index is -2.93. The van der Waals surface area contributed by atoms with Crippen molar-refractivity contribution < 1.29 is 18.5 Å². The van der Waals surface area contributed by atoms with E-state index in [4.69, 9.17) is 15.6 Å². The molecule has 1 unspecified atom stereocenters. The molecule has 0 spiro atoms. The third-order valence-electron chi connectivity index (χ3n) is 3.74. The summed E-state index contributed by atoms with van der Waals surface area (Å²) in [7, 11) is -2.93. The number of carboxylic acid groups (broad SMARTS) is 1. The summed E-state index contributed by atoms with van der Waals surface area (Å²) in [5, 5.41) is 8.70. The van der Waals surface area contributed by atoms with Crippen LogP contribution in [0.4, 0.5) is 4.39 Å². The third-order valence-corrected chi connectivity index (χ3v) is 5.49. The van der Waals surface area contributed by atoms with Crippen molar-refractivity contribution in [3.05, 3.63) is 35.6 Å². The van der Waals surface area contributed by atoms with Gasteiger partial charge in [-0.2, -0.15) is 0 Å². The molecule has 0 saturated carbocycles. The molecule has 0 fully saturated rings. The van der Waals surface area contributed by atoms with Gasteiger partial charge >= 0.3 is 5.97 Å². The Kier molecular flexibility index (Phi) is 6.08. The van der Waals surface area contributed by atoms with E-state index in [0.717, 1.165) is 0 Å². The molecule has 22 heavy (non-hydrogen) atoms. The molecule has 1 rings (SSSR count). The van der Waals surface area contributed by atoms with Gasteiger partial charge in [0.2, 0.25) is 0 Å². The molecule has 0 aliphatic rings. The lowest BCUT2D eigenvalue weighted by Gasteiger charge is -2.26. The molecule has 7 heteroatoms. The maximum absolute atomic E-state index is 13.8. The molecule has 2 atom stereocenters.